The van der Waals surface area contributed by atoms with Gasteiger partial charge in [-0.25, -0.2) is 9.98 Å². The first-order valence-corrected chi connectivity index (χ1v) is 11.0. The van der Waals surface area contributed by atoms with Crippen molar-refractivity contribution in [2.45, 2.75) is 13.0 Å². The lowest BCUT2D eigenvalue weighted by molar-refractivity contribution is -0.114. The Kier molecular flexibility index (Phi) is 6.45. The topological polar surface area (TPSA) is 103 Å². The Balaban J connectivity index is 1.89. The molecule has 1 unspecified atom stereocenters. The number of halogens is 2. The fourth-order valence-corrected chi connectivity index (χ4v) is 4.26. The van der Waals surface area contributed by atoms with Crippen molar-refractivity contribution in [3.05, 3.63) is 92.1 Å². The maximum atomic E-state index is 13.8. The number of hydrogen-bond donors (Lipinski definition) is 1. The van der Waals surface area contributed by atoms with Crippen molar-refractivity contribution in [1.82, 2.24) is 9.55 Å². The minimum Gasteiger partial charge on any atom is -0.479 e. The molecule has 2 aromatic heterocycles. The number of rotatable bonds is 5. The van der Waals surface area contributed by atoms with E-state index in [-0.39, 0.29) is 22.1 Å². The second-order valence-corrected chi connectivity index (χ2v) is 8.49. The van der Waals surface area contributed by atoms with Gasteiger partial charge in [0.15, 0.2) is 0 Å². The lowest BCUT2D eigenvalue weighted by Gasteiger charge is -2.27. The van der Waals surface area contributed by atoms with E-state index in [4.69, 9.17) is 33.7 Å². The average Bonchev–Trinajstić information content (AvgIpc) is 3.08. The SMILES string of the molecule is COc1ncccc1N=C(C)C1=C(N)C(c2ccc(Cl)cc2)N(c2cc(Cl)c(=O)n(C)c2)C1=O. The molecule has 3 aromatic rings. The quantitative estimate of drug-likeness (QED) is 0.532. The zero-order valence-electron chi connectivity index (χ0n) is 18.6. The summed E-state index contributed by atoms with van der Waals surface area (Å²) in [5.41, 5.74) is 8.79. The first-order chi connectivity index (χ1) is 16.2. The van der Waals surface area contributed by atoms with Crippen LogP contribution in [0.3, 0.4) is 0 Å². The molecule has 10 heteroatoms. The smallest absolute Gasteiger partial charge is 0.269 e. The number of aliphatic imine (C=N–C) groups is 1. The summed E-state index contributed by atoms with van der Waals surface area (Å²) in [6, 6.07) is 11.3. The molecule has 2 N–H and O–H groups in total. The van der Waals surface area contributed by atoms with Gasteiger partial charge in [-0.05, 0) is 42.8 Å². The zero-order chi connectivity index (χ0) is 24.6. The highest BCUT2D eigenvalue weighted by molar-refractivity contribution is 6.32. The third-order valence-corrected chi connectivity index (χ3v) is 5.98. The van der Waals surface area contributed by atoms with Crippen LogP contribution < -0.4 is 20.9 Å². The molecule has 0 fully saturated rings. The van der Waals surface area contributed by atoms with Crippen molar-refractivity contribution in [2.75, 3.05) is 12.0 Å². The number of nitrogens with zero attached hydrogens (tertiary/aromatic N) is 4. The first kappa shape index (κ1) is 23.5. The van der Waals surface area contributed by atoms with Gasteiger partial charge in [0.05, 0.1) is 29.8 Å². The number of nitrogens with two attached hydrogens (primary N) is 1. The molecule has 0 saturated heterocycles. The Morgan fingerprint density at radius 3 is 2.53 bits per heavy atom. The molecular weight excluding hydrogens is 477 g/mol. The van der Waals surface area contributed by atoms with E-state index in [1.54, 1.807) is 62.8 Å². The molecule has 0 aliphatic carbocycles. The molecule has 34 heavy (non-hydrogen) atoms. The summed E-state index contributed by atoms with van der Waals surface area (Å²) in [5, 5.41) is 0.536. The Hall–Kier alpha value is -3.62. The number of hydrogen-bond acceptors (Lipinski definition) is 6. The van der Waals surface area contributed by atoms with Crippen LogP contribution in [0.25, 0.3) is 0 Å². The second kappa shape index (κ2) is 9.32. The Labute approximate surface area is 205 Å². The summed E-state index contributed by atoms with van der Waals surface area (Å²) in [5.74, 6) is -0.0568. The first-order valence-electron chi connectivity index (χ1n) is 10.2. The third kappa shape index (κ3) is 4.18. The van der Waals surface area contributed by atoms with E-state index < -0.39 is 6.04 Å². The van der Waals surface area contributed by atoms with Gasteiger partial charge in [0.2, 0.25) is 5.88 Å². The van der Waals surface area contributed by atoms with Gasteiger partial charge >= 0.3 is 0 Å². The lowest BCUT2D eigenvalue weighted by atomic mass is 10.0. The Morgan fingerprint density at radius 2 is 1.88 bits per heavy atom. The molecule has 0 radical (unpaired) electrons. The van der Waals surface area contributed by atoms with E-state index in [0.717, 1.165) is 5.56 Å². The molecule has 1 amide bonds. The fourth-order valence-electron chi connectivity index (χ4n) is 3.89. The highest BCUT2D eigenvalue weighted by atomic mass is 35.5. The van der Waals surface area contributed by atoms with E-state index in [0.29, 0.717) is 33.7 Å². The van der Waals surface area contributed by atoms with Crippen LogP contribution in [-0.2, 0) is 11.8 Å². The highest BCUT2D eigenvalue weighted by Crippen LogP contribution is 2.40. The van der Waals surface area contributed by atoms with Crippen LogP contribution in [0, 0.1) is 0 Å². The van der Waals surface area contributed by atoms with Crippen molar-refractivity contribution in [1.29, 1.82) is 0 Å². The van der Waals surface area contributed by atoms with E-state index in [1.807, 2.05) is 0 Å². The molecule has 4 rings (SSSR count). The number of carbonyl (C=O) groups is 1. The van der Waals surface area contributed by atoms with Gasteiger partial charge in [-0.2, -0.15) is 0 Å². The molecule has 174 valence electrons. The highest BCUT2D eigenvalue weighted by Gasteiger charge is 2.41. The molecule has 0 saturated carbocycles. The summed E-state index contributed by atoms with van der Waals surface area (Å²) in [6.07, 6.45) is 3.13. The van der Waals surface area contributed by atoms with E-state index >= 15 is 0 Å². The van der Waals surface area contributed by atoms with Crippen LogP contribution in [-0.4, -0.2) is 28.3 Å². The molecular formula is C24H21Cl2N5O3. The van der Waals surface area contributed by atoms with Gasteiger partial charge in [-0.3, -0.25) is 14.5 Å². The van der Waals surface area contributed by atoms with Crippen LogP contribution in [0.15, 0.2) is 75.9 Å². The summed E-state index contributed by atoms with van der Waals surface area (Å²) in [7, 11) is 3.06. The molecule has 8 nitrogen and oxygen atoms in total. The Morgan fingerprint density at radius 1 is 1.18 bits per heavy atom. The zero-order valence-corrected chi connectivity index (χ0v) is 20.1. The van der Waals surface area contributed by atoms with Gasteiger partial charge in [0.1, 0.15) is 16.8 Å². The maximum Gasteiger partial charge on any atom is 0.269 e. The summed E-state index contributed by atoms with van der Waals surface area (Å²) in [4.78, 5) is 36.1. The number of benzene rings is 1. The van der Waals surface area contributed by atoms with Gasteiger partial charge in [-0.15, -0.1) is 0 Å². The lowest BCUT2D eigenvalue weighted by Crippen LogP contribution is -2.33. The summed E-state index contributed by atoms with van der Waals surface area (Å²) < 4.78 is 6.59. The molecule has 1 atom stereocenters. The number of methoxy groups -OCH3 is 1. The molecule has 1 aliphatic rings. The van der Waals surface area contributed by atoms with Crippen molar-refractivity contribution >= 4 is 46.2 Å². The van der Waals surface area contributed by atoms with Gasteiger partial charge < -0.3 is 15.0 Å². The molecule has 3 heterocycles. The minimum atomic E-state index is -0.658. The number of aromatic nitrogens is 2. The normalized spacial score (nSPS) is 16.4. The fraction of sp³-hybridized carbons (Fsp3) is 0.167. The van der Waals surface area contributed by atoms with Crippen LogP contribution in [0.5, 0.6) is 5.88 Å². The molecule has 1 aromatic carbocycles. The summed E-state index contributed by atoms with van der Waals surface area (Å²) >= 11 is 12.2. The van der Waals surface area contributed by atoms with Gasteiger partial charge in [0, 0.05) is 24.5 Å². The largest absolute Gasteiger partial charge is 0.479 e. The second-order valence-electron chi connectivity index (χ2n) is 7.65. The molecule has 0 spiro atoms. The van der Waals surface area contributed by atoms with Crippen LogP contribution in [0.4, 0.5) is 11.4 Å². The monoisotopic (exact) mass is 497 g/mol. The number of anilines is 1. The van der Waals surface area contributed by atoms with Gasteiger partial charge in [0.25, 0.3) is 11.5 Å². The molecule has 1 aliphatic heterocycles. The van der Waals surface area contributed by atoms with E-state index in [1.165, 1.54) is 22.6 Å². The average molecular weight is 498 g/mol. The predicted octanol–water partition coefficient (Wildman–Crippen LogP) is 4.19. The Bertz CT molecular complexity index is 1370. The van der Waals surface area contributed by atoms with Crippen molar-refractivity contribution in [3.63, 3.8) is 0 Å². The number of amides is 1. The van der Waals surface area contributed by atoms with Crippen molar-refractivity contribution in [2.24, 2.45) is 17.8 Å². The van der Waals surface area contributed by atoms with Crippen molar-refractivity contribution < 1.29 is 9.53 Å². The van der Waals surface area contributed by atoms with Crippen LogP contribution in [0.1, 0.15) is 18.5 Å². The standard InChI is InChI=1S/C24H21Cl2N5O3/c1-13(29-18-5-4-10-28-22(18)34-3)19-20(27)21(14-6-8-15(25)9-7-14)31(24(19)33)16-11-17(26)23(32)30(2)12-16/h4-12,21H,27H2,1-3H3. The van der Waals surface area contributed by atoms with E-state index in [2.05, 4.69) is 9.98 Å². The number of pyridine rings is 2. The number of carbonyl (C=O) groups excluding carboxylic acids is 1. The number of aryl methyl sites for hydroxylation is 1. The van der Waals surface area contributed by atoms with Gasteiger partial charge in [-0.1, -0.05) is 35.3 Å². The third-order valence-electron chi connectivity index (χ3n) is 5.46. The molecule has 0 bridgehead atoms. The van der Waals surface area contributed by atoms with E-state index in [9.17, 15) is 9.59 Å². The van der Waals surface area contributed by atoms with Crippen LogP contribution >= 0.6 is 23.2 Å². The minimum absolute atomic E-state index is 0.0137. The van der Waals surface area contributed by atoms with Crippen molar-refractivity contribution in [3.8, 4) is 5.88 Å². The van der Waals surface area contributed by atoms with Crippen LogP contribution in [0.2, 0.25) is 10.0 Å². The summed E-state index contributed by atoms with van der Waals surface area (Å²) in [6.45, 7) is 1.70. The maximum absolute atomic E-state index is 13.8. The predicted molar refractivity (Wildman–Crippen MR) is 133 cm³/mol. The number of ether oxygens (including phenoxy) is 1.